The number of primary amides is 1. The number of pyridine rings is 1. The number of hydrogen-bond donors (Lipinski definition) is 3. The first-order valence-corrected chi connectivity index (χ1v) is 8.33. The minimum atomic E-state index is -0.946. The van der Waals surface area contributed by atoms with E-state index in [0.717, 1.165) is 16.3 Å². The zero-order valence-corrected chi connectivity index (χ0v) is 14.5. The number of aliphatic hydroxyl groups is 1. The van der Waals surface area contributed by atoms with Gasteiger partial charge in [-0.15, -0.1) is 0 Å². The Hall–Kier alpha value is -3.45. The highest BCUT2D eigenvalue weighted by Gasteiger charge is 2.22. The van der Waals surface area contributed by atoms with Gasteiger partial charge in [0.1, 0.15) is 6.61 Å². The van der Waals surface area contributed by atoms with Crippen LogP contribution in [-0.4, -0.2) is 28.7 Å². The molecule has 138 valence electrons. The summed E-state index contributed by atoms with van der Waals surface area (Å²) in [6.45, 7) is -0.280. The third kappa shape index (κ3) is 4.59. The van der Waals surface area contributed by atoms with Crippen molar-refractivity contribution in [1.29, 1.82) is 0 Å². The van der Waals surface area contributed by atoms with Crippen molar-refractivity contribution in [3.63, 3.8) is 0 Å². The minimum absolute atomic E-state index is 0.0964. The number of carbonyl (C=O) groups excluding carboxylic acids is 2. The monoisotopic (exact) mass is 365 g/mol. The number of nitrogens with zero attached hydrogens (tertiary/aromatic N) is 1. The molecule has 0 aliphatic heterocycles. The van der Waals surface area contributed by atoms with Gasteiger partial charge in [-0.2, -0.15) is 0 Å². The summed E-state index contributed by atoms with van der Waals surface area (Å²) in [6.07, 6.45) is 2.48. The number of aromatic nitrogens is 1. The first-order valence-electron chi connectivity index (χ1n) is 8.33. The summed E-state index contributed by atoms with van der Waals surface area (Å²) in [5.41, 5.74) is 7.04. The first-order chi connectivity index (χ1) is 13.1. The van der Waals surface area contributed by atoms with E-state index in [0.29, 0.717) is 11.3 Å². The molecule has 4 N–H and O–H groups in total. The predicted molar refractivity (Wildman–Crippen MR) is 101 cm³/mol. The number of nitrogens with one attached hydrogen (secondary N) is 1. The average Bonchev–Trinajstić information content (AvgIpc) is 2.68. The summed E-state index contributed by atoms with van der Waals surface area (Å²) < 4.78 is 4.86. The number of hydrogen-bond acceptors (Lipinski definition) is 5. The second-order valence-electron chi connectivity index (χ2n) is 6.01. The van der Waals surface area contributed by atoms with E-state index in [1.165, 1.54) is 0 Å². The van der Waals surface area contributed by atoms with Crippen LogP contribution in [0.3, 0.4) is 0 Å². The number of ether oxygens (including phenoxy) is 1. The molecule has 27 heavy (non-hydrogen) atoms. The Morgan fingerprint density at radius 3 is 2.59 bits per heavy atom. The number of amides is 2. The number of aliphatic hydroxyl groups excluding tert-OH is 1. The molecule has 1 aromatic heterocycles. The van der Waals surface area contributed by atoms with Crippen LogP contribution in [0, 0.1) is 0 Å². The Kier molecular flexibility index (Phi) is 5.63. The quantitative estimate of drug-likeness (QED) is 0.621. The highest BCUT2D eigenvalue weighted by molar-refractivity contribution is 5.98. The van der Waals surface area contributed by atoms with Gasteiger partial charge in [0, 0.05) is 23.5 Å². The second kappa shape index (κ2) is 8.29. The second-order valence-corrected chi connectivity index (χ2v) is 6.01. The normalized spacial score (nSPS) is 11.7. The molecular weight excluding hydrogens is 346 g/mol. The SMILES string of the molecule is NC(=O)OCC(C(=O)Nc1ccc2cnccc2c1)c1ccc(CO)cc1. The van der Waals surface area contributed by atoms with E-state index in [4.69, 9.17) is 15.6 Å². The number of carbonyl (C=O) groups is 2. The fraction of sp³-hybridized carbons (Fsp3) is 0.150. The van der Waals surface area contributed by atoms with Crippen LogP contribution in [-0.2, 0) is 16.1 Å². The molecular formula is C20H19N3O4. The molecule has 0 radical (unpaired) electrons. The highest BCUT2D eigenvalue weighted by Crippen LogP contribution is 2.22. The largest absolute Gasteiger partial charge is 0.449 e. The Morgan fingerprint density at radius 2 is 1.89 bits per heavy atom. The summed E-state index contributed by atoms with van der Waals surface area (Å²) >= 11 is 0. The maximum Gasteiger partial charge on any atom is 0.404 e. The van der Waals surface area contributed by atoms with Gasteiger partial charge in [0.2, 0.25) is 5.91 Å². The van der Waals surface area contributed by atoms with Crippen LogP contribution in [0.25, 0.3) is 10.8 Å². The number of rotatable bonds is 6. The fourth-order valence-corrected chi connectivity index (χ4v) is 2.73. The first kappa shape index (κ1) is 18.3. The molecule has 1 unspecified atom stereocenters. The standard InChI is InChI=1S/C20H19N3O4/c21-20(26)27-12-18(14-3-1-13(11-24)2-4-14)19(25)23-17-6-5-16-10-22-8-7-15(16)9-17/h1-10,18,24H,11-12H2,(H2,21,26)(H,23,25). The molecule has 1 heterocycles. The third-order valence-corrected chi connectivity index (χ3v) is 4.18. The summed E-state index contributed by atoms with van der Waals surface area (Å²) in [4.78, 5) is 27.9. The van der Waals surface area contributed by atoms with E-state index in [1.807, 2.05) is 18.2 Å². The van der Waals surface area contributed by atoms with Crippen LogP contribution in [0.5, 0.6) is 0 Å². The Labute approximate surface area is 155 Å². The van der Waals surface area contributed by atoms with Crippen molar-refractivity contribution in [1.82, 2.24) is 4.98 Å². The van der Waals surface area contributed by atoms with E-state index < -0.39 is 12.0 Å². The molecule has 0 aliphatic rings. The van der Waals surface area contributed by atoms with Crippen molar-refractivity contribution in [2.45, 2.75) is 12.5 Å². The van der Waals surface area contributed by atoms with E-state index >= 15 is 0 Å². The molecule has 0 saturated heterocycles. The van der Waals surface area contributed by atoms with Crippen LogP contribution in [0.1, 0.15) is 17.0 Å². The van der Waals surface area contributed by atoms with Gasteiger partial charge in [-0.05, 0) is 34.7 Å². The van der Waals surface area contributed by atoms with Gasteiger partial charge in [-0.25, -0.2) is 4.79 Å². The number of fused-ring (bicyclic) bond motifs is 1. The summed E-state index contributed by atoms with van der Waals surface area (Å²) in [6, 6.07) is 14.2. The zero-order valence-electron chi connectivity index (χ0n) is 14.5. The topological polar surface area (TPSA) is 115 Å². The van der Waals surface area contributed by atoms with Crippen LogP contribution in [0.15, 0.2) is 60.9 Å². The molecule has 0 fully saturated rings. The van der Waals surface area contributed by atoms with E-state index in [2.05, 4.69) is 10.3 Å². The maximum atomic E-state index is 12.8. The number of anilines is 1. The van der Waals surface area contributed by atoms with E-state index in [1.54, 1.807) is 42.7 Å². The Balaban J connectivity index is 1.82. The molecule has 0 saturated carbocycles. The molecule has 7 nitrogen and oxygen atoms in total. The van der Waals surface area contributed by atoms with Gasteiger partial charge in [0.05, 0.1) is 12.5 Å². The molecule has 3 aromatic rings. The lowest BCUT2D eigenvalue weighted by atomic mass is 9.97. The molecule has 0 bridgehead atoms. The van der Waals surface area contributed by atoms with Crippen molar-refractivity contribution in [2.75, 3.05) is 11.9 Å². The highest BCUT2D eigenvalue weighted by atomic mass is 16.5. The third-order valence-electron chi connectivity index (χ3n) is 4.18. The van der Waals surface area contributed by atoms with Crippen molar-refractivity contribution < 1.29 is 19.4 Å². The lowest BCUT2D eigenvalue weighted by Crippen LogP contribution is -2.27. The summed E-state index contributed by atoms with van der Waals surface area (Å²) in [5.74, 6) is -1.07. The predicted octanol–water partition coefficient (Wildman–Crippen LogP) is 2.54. The molecule has 0 spiro atoms. The van der Waals surface area contributed by atoms with Crippen molar-refractivity contribution >= 4 is 28.5 Å². The van der Waals surface area contributed by atoms with Gasteiger partial charge in [0.25, 0.3) is 0 Å². The molecule has 7 heteroatoms. The molecule has 2 amide bonds. The molecule has 3 rings (SSSR count). The van der Waals surface area contributed by atoms with Gasteiger partial charge < -0.3 is 20.9 Å². The van der Waals surface area contributed by atoms with Crippen molar-refractivity contribution in [3.8, 4) is 0 Å². The van der Waals surface area contributed by atoms with Crippen LogP contribution >= 0.6 is 0 Å². The molecule has 0 aliphatic carbocycles. The van der Waals surface area contributed by atoms with Gasteiger partial charge in [-0.3, -0.25) is 9.78 Å². The van der Waals surface area contributed by atoms with Crippen LogP contribution < -0.4 is 11.1 Å². The number of nitrogens with two attached hydrogens (primary N) is 1. The van der Waals surface area contributed by atoms with Crippen LogP contribution in [0.2, 0.25) is 0 Å². The maximum absolute atomic E-state index is 12.8. The zero-order chi connectivity index (χ0) is 19.2. The minimum Gasteiger partial charge on any atom is -0.449 e. The van der Waals surface area contributed by atoms with E-state index in [-0.39, 0.29) is 19.1 Å². The van der Waals surface area contributed by atoms with Crippen molar-refractivity contribution in [2.24, 2.45) is 5.73 Å². The fourth-order valence-electron chi connectivity index (χ4n) is 2.73. The summed E-state index contributed by atoms with van der Waals surface area (Å²) in [7, 11) is 0. The lowest BCUT2D eigenvalue weighted by Gasteiger charge is -2.17. The van der Waals surface area contributed by atoms with Gasteiger partial charge in [0.15, 0.2) is 0 Å². The number of benzene rings is 2. The summed E-state index contributed by atoms with van der Waals surface area (Å²) in [5, 5.41) is 13.9. The van der Waals surface area contributed by atoms with Crippen molar-refractivity contribution in [3.05, 3.63) is 72.1 Å². The molecule has 1 atom stereocenters. The Bertz CT molecular complexity index is 957. The average molecular weight is 365 g/mol. The van der Waals surface area contributed by atoms with E-state index in [9.17, 15) is 9.59 Å². The smallest absolute Gasteiger partial charge is 0.404 e. The molecule has 2 aromatic carbocycles. The van der Waals surface area contributed by atoms with Crippen LogP contribution in [0.4, 0.5) is 10.5 Å². The lowest BCUT2D eigenvalue weighted by molar-refractivity contribution is -0.118. The van der Waals surface area contributed by atoms with Gasteiger partial charge in [-0.1, -0.05) is 30.3 Å². The Morgan fingerprint density at radius 1 is 1.11 bits per heavy atom. The van der Waals surface area contributed by atoms with Gasteiger partial charge >= 0.3 is 6.09 Å².